The highest BCUT2D eigenvalue weighted by molar-refractivity contribution is 5.85. The van der Waals surface area contributed by atoms with Gasteiger partial charge in [0.1, 0.15) is 0 Å². The Labute approximate surface area is 84.0 Å². The van der Waals surface area contributed by atoms with E-state index in [1.165, 1.54) is 0 Å². The van der Waals surface area contributed by atoms with Gasteiger partial charge >= 0.3 is 0 Å². The van der Waals surface area contributed by atoms with Crippen LogP contribution >= 0.6 is 12.4 Å². The minimum atomic E-state index is 0. The van der Waals surface area contributed by atoms with Gasteiger partial charge in [-0.2, -0.15) is 0 Å². The van der Waals surface area contributed by atoms with Gasteiger partial charge in [-0.25, -0.2) is 0 Å². The predicted octanol–water partition coefficient (Wildman–Crippen LogP) is -0.373. The van der Waals surface area contributed by atoms with Crippen molar-refractivity contribution >= 4 is 18.3 Å². The van der Waals surface area contributed by atoms with Gasteiger partial charge in [0, 0.05) is 26.6 Å². The number of nitrogens with one attached hydrogen (secondary N) is 1. The Kier molecular flexibility index (Phi) is 3.53. The van der Waals surface area contributed by atoms with Crippen LogP contribution < -0.4 is 5.32 Å². The lowest BCUT2D eigenvalue weighted by atomic mass is 10.1. The topological polar surface area (TPSA) is 41.6 Å². The van der Waals surface area contributed by atoms with Crippen molar-refractivity contribution in [3.8, 4) is 0 Å². The summed E-state index contributed by atoms with van der Waals surface area (Å²) in [5.41, 5.74) is 0. The summed E-state index contributed by atoms with van der Waals surface area (Å²) < 4.78 is 5.53. The fourth-order valence-electron chi connectivity index (χ4n) is 1.98. The molecule has 2 aliphatic rings. The Balaban J connectivity index is 0.000000845. The van der Waals surface area contributed by atoms with Crippen LogP contribution in [0.2, 0.25) is 0 Å². The van der Waals surface area contributed by atoms with Gasteiger partial charge in [-0.05, 0) is 0 Å². The normalized spacial score (nSPS) is 32.2. The molecule has 2 heterocycles. The molecule has 0 radical (unpaired) electrons. The van der Waals surface area contributed by atoms with E-state index in [0.717, 1.165) is 19.6 Å². The van der Waals surface area contributed by atoms with E-state index in [1.54, 1.807) is 6.92 Å². The molecule has 0 aliphatic carbocycles. The zero-order chi connectivity index (χ0) is 8.55. The van der Waals surface area contributed by atoms with Gasteiger partial charge in [-0.15, -0.1) is 12.4 Å². The molecule has 0 aromatic carbocycles. The number of carbonyl (C=O) groups excluding carboxylic acids is 1. The van der Waals surface area contributed by atoms with Crippen LogP contribution in [0.25, 0.3) is 0 Å². The number of rotatable bonds is 0. The number of amides is 1. The van der Waals surface area contributed by atoms with Crippen molar-refractivity contribution in [1.29, 1.82) is 0 Å². The molecular weight excluding hydrogens is 192 g/mol. The molecule has 2 saturated heterocycles. The maximum Gasteiger partial charge on any atom is 0.219 e. The van der Waals surface area contributed by atoms with Crippen LogP contribution in [0.1, 0.15) is 6.92 Å². The number of halogens is 1. The molecule has 1 amide bonds. The molecule has 2 rings (SSSR count). The van der Waals surface area contributed by atoms with Crippen molar-refractivity contribution in [2.24, 2.45) is 0 Å². The van der Waals surface area contributed by atoms with Crippen LogP contribution in [0.3, 0.4) is 0 Å². The fourth-order valence-corrected chi connectivity index (χ4v) is 1.98. The summed E-state index contributed by atoms with van der Waals surface area (Å²) in [6.45, 7) is 4.82. The first-order valence-corrected chi connectivity index (χ1v) is 4.38. The highest BCUT2D eigenvalue weighted by Gasteiger charge is 2.36. The molecule has 13 heavy (non-hydrogen) atoms. The van der Waals surface area contributed by atoms with Gasteiger partial charge in [-0.1, -0.05) is 0 Å². The SMILES string of the molecule is CC(=O)N1CCO[C@H]2CNC[C@H]21.Cl. The summed E-state index contributed by atoms with van der Waals surface area (Å²) in [5, 5.41) is 3.23. The quantitative estimate of drug-likeness (QED) is 0.588. The molecule has 2 aliphatic heterocycles. The monoisotopic (exact) mass is 206 g/mol. The van der Waals surface area contributed by atoms with E-state index in [1.807, 2.05) is 4.90 Å². The minimum absolute atomic E-state index is 0. The van der Waals surface area contributed by atoms with Crippen LogP contribution in [0.4, 0.5) is 0 Å². The maximum absolute atomic E-state index is 11.2. The first kappa shape index (κ1) is 10.8. The molecule has 0 aromatic heterocycles. The lowest BCUT2D eigenvalue weighted by Gasteiger charge is -2.36. The fraction of sp³-hybridized carbons (Fsp3) is 0.875. The molecule has 4 nitrogen and oxygen atoms in total. The third-order valence-corrected chi connectivity index (χ3v) is 2.60. The third-order valence-electron chi connectivity index (χ3n) is 2.60. The summed E-state index contributed by atoms with van der Waals surface area (Å²) in [7, 11) is 0. The van der Waals surface area contributed by atoms with E-state index in [2.05, 4.69) is 5.32 Å². The second-order valence-electron chi connectivity index (χ2n) is 3.35. The van der Waals surface area contributed by atoms with Gasteiger partial charge in [0.05, 0.1) is 18.8 Å². The van der Waals surface area contributed by atoms with E-state index < -0.39 is 0 Å². The molecule has 0 spiro atoms. The van der Waals surface area contributed by atoms with Crippen molar-refractivity contribution in [2.45, 2.75) is 19.1 Å². The molecule has 0 aromatic rings. The summed E-state index contributed by atoms with van der Waals surface area (Å²) in [5.74, 6) is 0.164. The van der Waals surface area contributed by atoms with Gasteiger partial charge in [0.15, 0.2) is 0 Å². The van der Waals surface area contributed by atoms with E-state index in [-0.39, 0.29) is 30.5 Å². The van der Waals surface area contributed by atoms with Gasteiger partial charge < -0.3 is 15.0 Å². The highest BCUT2D eigenvalue weighted by atomic mass is 35.5. The van der Waals surface area contributed by atoms with Gasteiger partial charge in [-0.3, -0.25) is 4.79 Å². The molecule has 76 valence electrons. The van der Waals surface area contributed by atoms with Crippen LogP contribution in [0.15, 0.2) is 0 Å². The molecule has 0 saturated carbocycles. The van der Waals surface area contributed by atoms with Crippen LogP contribution in [0.5, 0.6) is 0 Å². The summed E-state index contributed by atoms with van der Waals surface area (Å²) in [6, 6.07) is 0.274. The van der Waals surface area contributed by atoms with Crippen molar-refractivity contribution in [1.82, 2.24) is 10.2 Å². The average Bonchev–Trinajstić information content (AvgIpc) is 2.49. The van der Waals surface area contributed by atoms with Crippen LogP contribution in [-0.2, 0) is 9.53 Å². The van der Waals surface area contributed by atoms with Gasteiger partial charge in [0.25, 0.3) is 0 Å². The van der Waals surface area contributed by atoms with Crippen LogP contribution in [-0.4, -0.2) is 49.2 Å². The predicted molar refractivity (Wildman–Crippen MR) is 51.0 cm³/mol. The maximum atomic E-state index is 11.2. The molecule has 2 atom stereocenters. The zero-order valence-electron chi connectivity index (χ0n) is 7.66. The smallest absolute Gasteiger partial charge is 0.219 e. The zero-order valence-corrected chi connectivity index (χ0v) is 8.47. The number of hydrogen-bond donors (Lipinski definition) is 1. The number of ether oxygens (including phenoxy) is 1. The molecule has 1 N–H and O–H groups in total. The Hall–Kier alpha value is -0.320. The minimum Gasteiger partial charge on any atom is -0.373 e. The van der Waals surface area contributed by atoms with Crippen molar-refractivity contribution in [3.05, 3.63) is 0 Å². The summed E-state index contributed by atoms with van der Waals surface area (Å²) >= 11 is 0. The van der Waals surface area contributed by atoms with E-state index in [4.69, 9.17) is 4.74 Å². The third kappa shape index (κ3) is 1.95. The van der Waals surface area contributed by atoms with E-state index in [9.17, 15) is 4.79 Å². The Morgan fingerprint density at radius 2 is 2.31 bits per heavy atom. The molecule has 0 unspecified atom stereocenters. The van der Waals surface area contributed by atoms with Gasteiger partial charge in [0.2, 0.25) is 5.91 Å². The van der Waals surface area contributed by atoms with Crippen molar-refractivity contribution in [3.63, 3.8) is 0 Å². The van der Waals surface area contributed by atoms with E-state index in [0.29, 0.717) is 6.61 Å². The summed E-state index contributed by atoms with van der Waals surface area (Å²) in [6.07, 6.45) is 0.225. The first-order chi connectivity index (χ1) is 5.79. The average molecular weight is 207 g/mol. The molecule has 0 bridgehead atoms. The van der Waals surface area contributed by atoms with Crippen LogP contribution in [0, 0.1) is 0 Å². The second kappa shape index (κ2) is 4.26. The van der Waals surface area contributed by atoms with Crippen molar-refractivity contribution in [2.75, 3.05) is 26.2 Å². The highest BCUT2D eigenvalue weighted by Crippen LogP contribution is 2.17. The first-order valence-electron chi connectivity index (χ1n) is 4.38. The Morgan fingerprint density at radius 1 is 1.54 bits per heavy atom. The van der Waals surface area contributed by atoms with E-state index >= 15 is 0 Å². The standard InChI is InChI=1S/C8H14N2O2.ClH/c1-6(11)10-2-3-12-8-5-9-4-7(8)10;/h7-9H,2-5H2,1H3;1H/t7-,8+;/m1./s1. The largest absolute Gasteiger partial charge is 0.373 e. The Bertz CT molecular complexity index is 201. The number of morpholine rings is 1. The lowest BCUT2D eigenvalue weighted by molar-refractivity contribution is -0.140. The molecular formula is C8H15ClN2O2. The molecule has 5 heteroatoms. The number of carbonyl (C=O) groups is 1. The number of nitrogens with zero attached hydrogens (tertiary/aromatic N) is 1. The Morgan fingerprint density at radius 3 is 3.00 bits per heavy atom. The summed E-state index contributed by atoms with van der Waals surface area (Å²) in [4.78, 5) is 13.1. The lowest BCUT2D eigenvalue weighted by Crippen LogP contribution is -2.52. The number of fused-ring (bicyclic) bond motifs is 1. The van der Waals surface area contributed by atoms with Crippen molar-refractivity contribution < 1.29 is 9.53 Å². The molecule has 2 fully saturated rings. The second-order valence-corrected chi connectivity index (χ2v) is 3.35. The number of hydrogen-bond acceptors (Lipinski definition) is 3.